The van der Waals surface area contributed by atoms with Gasteiger partial charge in [0.2, 0.25) is 0 Å². The SMILES string of the molecule is CN/C(=N\C(=N)c1ccccc1)c1c(-c2ccc(-c3ccc(C#N)cc3)cc2)ccc2ccccc12. The highest BCUT2D eigenvalue weighted by Crippen LogP contribution is 2.32. The van der Waals surface area contributed by atoms with Gasteiger partial charge in [0.05, 0.1) is 11.6 Å². The van der Waals surface area contributed by atoms with Crippen LogP contribution in [0.4, 0.5) is 0 Å². The molecule has 2 N–H and O–H groups in total. The standard InChI is InChI=1S/C32H24N4/c1-35-32(36-31(34)27-8-3-2-4-9-27)30-28-10-6-5-7-25(28)19-20-29(30)26-17-15-24(16-18-26)23-13-11-22(21-33)12-14-23/h2-20H,1H3,(H2,34,35,36). The van der Waals surface area contributed by atoms with E-state index in [9.17, 15) is 0 Å². The minimum Gasteiger partial charge on any atom is -0.373 e. The second-order valence-electron chi connectivity index (χ2n) is 8.40. The molecule has 0 atom stereocenters. The van der Waals surface area contributed by atoms with Gasteiger partial charge in [-0.25, -0.2) is 4.99 Å². The largest absolute Gasteiger partial charge is 0.373 e. The number of benzene rings is 5. The Kier molecular flexibility index (Phi) is 6.38. The third-order valence-electron chi connectivity index (χ3n) is 6.22. The highest BCUT2D eigenvalue weighted by atomic mass is 15.0. The first-order valence-electron chi connectivity index (χ1n) is 11.7. The Morgan fingerprint density at radius 3 is 2.00 bits per heavy atom. The first-order chi connectivity index (χ1) is 17.7. The minimum absolute atomic E-state index is 0.204. The molecule has 4 heteroatoms. The fourth-order valence-corrected chi connectivity index (χ4v) is 4.36. The number of fused-ring (bicyclic) bond motifs is 1. The highest BCUT2D eigenvalue weighted by Gasteiger charge is 2.16. The van der Waals surface area contributed by atoms with Crippen molar-refractivity contribution >= 4 is 22.4 Å². The van der Waals surface area contributed by atoms with Crippen LogP contribution in [0.1, 0.15) is 16.7 Å². The molecule has 0 aromatic heterocycles. The monoisotopic (exact) mass is 464 g/mol. The zero-order valence-electron chi connectivity index (χ0n) is 19.9. The molecule has 0 unspecified atom stereocenters. The molecule has 0 spiro atoms. The van der Waals surface area contributed by atoms with Crippen LogP contribution in [0.25, 0.3) is 33.0 Å². The smallest absolute Gasteiger partial charge is 0.154 e. The molecule has 172 valence electrons. The van der Waals surface area contributed by atoms with Gasteiger partial charge in [0.1, 0.15) is 5.84 Å². The highest BCUT2D eigenvalue weighted by molar-refractivity contribution is 6.19. The molecule has 0 aliphatic carbocycles. The Hall–Kier alpha value is -5.01. The van der Waals surface area contributed by atoms with Gasteiger partial charge in [0.25, 0.3) is 0 Å². The second-order valence-corrected chi connectivity index (χ2v) is 8.40. The van der Waals surface area contributed by atoms with Crippen molar-refractivity contribution in [3.8, 4) is 28.3 Å². The van der Waals surface area contributed by atoms with Crippen molar-refractivity contribution in [2.45, 2.75) is 0 Å². The van der Waals surface area contributed by atoms with Gasteiger partial charge in [0.15, 0.2) is 5.84 Å². The van der Waals surface area contributed by atoms with Crippen molar-refractivity contribution in [2.75, 3.05) is 7.05 Å². The number of hydrogen-bond acceptors (Lipinski definition) is 2. The summed E-state index contributed by atoms with van der Waals surface area (Å²) in [4.78, 5) is 4.72. The zero-order chi connectivity index (χ0) is 24.9. The van der Waals surface area contributed by atoms with Crippen molar-refractivity contribution in [2.24, 2.45) is 4.99 Å². The van der Waals surface area contributed by atoms with Crippen LogP contribution in [0.3, 0.4) is 0 Å². The summed E-state index contributed by atoms with van der Waals surface area (Å²) in [7, 11) is 1.84. The average molecular weight is 465 g/mol. The summed E-state index contributed by atoms with van der Waals surface area (Å²) < 4.78 is 0. The molecule has 0 aliphatic heterocycles. The molecule has 0 saturated carbocycles. The lowest BCUT2D eigenvalue weighted by molar-refractivity contribution is 1.17. The number of nitriles is 1. The van der Waals surface area contributed by atoms with Crippen LogP contribution in [0.15, 0.2) is 120 Å². The Morgan fingerprint density at radius 1 is 0.722 bits per heavy atom. The maximum atomic E-state index is 9.07. The predicted molar refractivity (Wildman–Crippen MR) is 148 cm³/mol. The van der Waals surface area contributed by atoms with Gasteiger partial charge in [-0.3, -0.25) is 5.41 Å². The van der Waals surface area contributed by atoms with E-state index in [0.29, 0.717) is 11.4 Å². The topological polar surface area (TPSA) is 72.0 Å². The number of nitrogens with zero attached hydrogens (tertiary/aromatic N) is 2. The summed E-state index contributed by atoms with van der Waals surface area (Å²) in [6.07, 6.45) is 0. The van der Waals surface area contributed by atoms with Gasteiger partial charge >= 0.3 is 0 Å². The van der Waals surface area contributed by atoms with Crippen molar-refractivity contribution in [3.63, 3.8) is 0 Å². The lowest BCUT2D eigenvalue weighted by Crippen LogP contribution is -2.22. The van der Waals surface area contributed by atoms with E-state index in [2.05, 4.69) is 59.9 Å². The van der Waals surface area contributed by atoms with E-state index in [4.69, 9.17) is 15.7 Å². The molecule has 0 heterocycles. The molecule has 0 radical (unpaired) electrons. The van der Waals surface area contributed by atoms with Gasteiger partial charge in [-0.15, -0.1) is 0 Å². The van der Waals surface area contributed by atoms with E-state index in [1.807, 2.05) is 73.8 Å². The van der Waals surface area contributed by atoms with Crippen LogP contribution in [-0.4, -0.2) is 18.7 Å². The summed E-state index contributed by atoms with van der Waals surface area (Å²) >= 11 is 0. The molecule has 0 saturated heterocycles. The molecular formula is C32H24N4. The lowest BCUT2D eigenvalue weighted by atomic mass is 9.92. The summed E-state index contributed by atoms with van der Waals surface area (Å²) in [5.41, 5.74) is 6.61. The van der Waals surface area contributed by atoms with Gasteiger partial charge in [-0.05, 0) is 45.2 Å². The number of rotatable bonds is 4. The lowest BCUT2D eigenvalue weighted by Gasteiger charge is -2.16. The third kappa shape index (κ3) is 4.51. The maximum absolute atomic E-state index is 9.07. The average Bonchev–Trinajstić information content (AvgIpc) is 2.96. The van der Waals surface area contributed by atoms with Crippen molar-refractivity contribution < 1.29 is 0 Å². The van der Waals surface area contributed by atoms with Crippen LogP contribution in [0.2, 0.25) is 0 Å². The predicted octanol–water partition coefficient (Wildman–Crippen LogP) is 7.04. The van der Waals surface area contributed by atoms with Crippen LogP contribution in [-0.2, 0) is 0 Å². The van der Waals surface area contributed by atoms with E-state index in [0.717, 1.165) is 44.2 Å². The molecule has 0 fully saturated rings. The number of nitrogens with one attached hydrogen (secondary N) is 2. The fourth-order valence-electron chi connectivity index (χ4n) is 4.36. The van der Waals surface area contributed by atoms with Gasteiger partial charge in [0, 0.05) is 18.2 Å². The van der Waals surface area contributed by atoms with Crippen molar-refractivity contribution in [1.82, 2.24) is 5.32 Å². The molecule has 5 rings (SSSR count). The summed E-state index contributed by atoms with van der Waals surface area (Å²) in [6, 6.07) is 40.2. The molecule has 4 nitrogen and oxygen atoms in total. The van der Waals surface area contributed by atoms with Crippen molar-refractivity contribution in [1.29, 1.82) is 10.7 Å². The zero-order valence-corrected chi connectivity index (χ0v) is 19.9. The Labute approximate surface area is 210 Å². The quantitative estimate of drug-likeness (QED) is 0.221. The Bertz CT molecular complexity index is 1610. The van der Waals surface area contributed by atoms with E-state index in [1.165, 1.54) is 0 Å². The molecular weight excluding hydrogens is 440 g/mol. The van der Waals surface area contributed by atoms with Gasteiger partial charge < -0.3 is 5.32 Å². The molecule has 5 aromatic rings. The molecule has 5 aromatic carbocycles. The third-order valence-corrected chi connectivity index (χ3v) is 6.22. The summed E-state index contributed by atoms with van der Waals surface area (Å²) in [5, 5.41) is 23.1. The van der Waals surface area contributed by atoms with E-state index in [-0.39, 0.29) is 5.84 Å². The number of amidine groups is 2. The molecule has 0 amide bonds. The van der Waals surface area contributed by atoms with Gasteiger partial charge in [-0.1, -0.05) is 103 Å². The van der Waals surface area contributed by atoms with Crippen LogP contribution in [0, 0.1) is 16.7 Å². The molecule has 36 heavy (non-hydrogen) atoms. The fraction of sp³-hybridized carbons (Fsp3) is 0.0312. The normalized spacial score (nSPS) is 11.2. The van der Waals surface area contributed by atoms with Crippen LogP contribution in [0.5, 0.6) is 0 Å². The maximum Gasteiger partial charge on any atom is 0.154 e. The number of hydrogen-bond donors (Lipinski definition) is 2. The van der Waals surface area contributed by atoms with Gasteiger partial charge in [-0.2, -0.15) is 5.26 Å². The first kappa shape index (κ1) is 22.8. The first-order valence-corrected chi connectivity index (χ1v) is 11.7. The Morgan fingerprint density at radius 2 is 1.33 bits per heavy atom. The van der Waals surface area contributed by atoms with E-state index < -0.39 is 0 Å². The van der Waals surface area contributed by atoms with E-state index in [1.54, 1.807) is 0 Å². The van der Waals surface area contributed by atoms with Crippen LogP contribution >= 0.6 is 0 Å². The minimum atomic E-state index is 0.204. The van der Waals surface area contributed by atoms with Crippen molar-refractivity contribution in [3.05, 3.63) is 132 Å². The van der Waals surface area contributed by atoms with Crippen LogP contribution < -0.4 is 5.32 Å². The second kappa shape index (κ2) is 10.1. The molecule has 0 bridgehead atoms. The Balaban J connectivity index is 1.62. The van der Waals surface area contributed by atoms with E-state index >= 15 is 0 Å². The summed E-state index contributed by atoms with van der Waals surface area (Å²) in [6.45, 7) is 0. The number of aliphatic imine (C=N–C) groups is 1. The molecule has 0 aliphatic rings. The summed E-state index contributed by atoms with van der Waals surface area (Å²) in [5.74, 6) is 0.849.